The molecule has 3 aromatic heterocycles. The molecule has 3 N–H and O–H groups in total. The largest absolute Gasteiger partial charge is 0.192 e. The Morgan fingerprint density at radius 1 is 1.36 bits per heavy atom. The van der Waals surface area contributed by atoms with Gasteiger partial charge in [-0.05, 0) is 6.07 Å². The van der Waals surface area contributed by atoms with Crippen molar-refractivity contribution in [3.8, 4) is 23.2 Å². The van der Waals surface area contributed by atoms with Crippen LogP contribution in [0.25, 0.3) is 22.3 Å². The number of likely N-dealkylation sites (tertiary alicyclic amines) is 1. The topological polar surface area (TPSA) is 169 Å². The Hall–Kier alpha value is -4.01. The molecule has 0 saturated carbocycles. The Morgan fingerprint density at radius 3 is 2.92 bits per heavy atom. The van der Waals surface area contributed by atoms with Gasteiger partial charge in [0.05, 0.1) is 7.11 Å². The van der Waals surface area contributed by atoms with E-state index in [0.717, 1.165) is 0 Å². The molecule has 0 spiro atoms. The minimum atomic E-state index is -0.949. The molecule has 1 aliphatic rings. The number of nitrogens with zero attached hydrogens (tertiary/aromatic N) is 6. The molecule has 12 nitrogen and oxygen atoms in total. The van der Waals surface area contributed by atoms with Gasteiger partial charge in [-0.15, -0.1) is 0 Å². The van der Waals surface area contributed by atoms with Crippen LogP contribution in [0.15, 0.2) is 30.7 Å². The summed E-state index contributed by atoms with van der Waals surface area (Å²) in [6.45, 7) is 0.940. The van der Waals surface area contributed by atoms with Gasteiger partial charge in [0.2, 0.25) is 5.88 Å². The third-order valence-corrected chi connectivity index (χ3v) is 6.97. The monoisotopic (exact) mass is 556 g/mol. The van der Waals surface area contributed by atoms with E-state index in [1.165, 1.54) is 13.4 Å². The fourth-order valence-corrected chi connectivity index (χ4v) is 5.04. The van der Waals surface area contributed by atoms with E-state index in [4.69, 9.17) is 20.2 Å². The van der Waals surface area contributed by atoms with Gasteiger partial charge >= 0.3 is 162 Å². The summed E-state index contributed by atoms with van der Waals surface area (Å²) in [6.07, 6.45) is 1.92. The van der Waals surface area contributed by atoms with Crippen LogP contribution in [-0.2, 0) is 9.53 Å². The molecule has 36 heavy (non-hydrogen) atoms. The first kappa shape index (κ1) is 25.1. The maximum absolute atomic E-state index is 12.9. The molecule has 3 aromatic rings. The Morgan fingerprint density at radius 2 is 2.19 bits per heavy atom. The number of nitrogens with one attached hydrogen (secondary N) is 1. The number of hydrogen-bond acceptors (Lipinski definition) is 10. The van der Waals surface area contributed by atoms with E-state index in [1.807, 2.05) is 11.9 Å². The van der Waals surface area contributed by atoms with E-state index >= 15 is 0 Å². The summed E-state index contributed by atoms with van der Waals surface area (Å²) >= 11 is 0.143. The molecule has 4 rings (SSSR count). The minimum absolute atomic E-state index is 0.0771. The number of rotatable bonds is 8. The average molecular weight is 555 g/mol. The van der Waals surface area contributed by atoms with Crippen molar-refractivity contribution in [2.45, 2.75) is 29.7 Å². The average Bonchev–Trinajstić information content (AvgIpc) is 3.35. The van der Waals surface area contributed by atoms with E-state index in [0.29, 0.717) is 58.5 Å². The van der Waals surface area contributed by atoms with Crippen molar-refractivity contribution in [3.63, 3.8) is 0 Å². The number of aromatic nitrogens is 4. The van der Waals surface area contributed by atoms with E-state index < -0.39 is 12.2 Å². The third-order valence-electron chi connectivity index (χ3n) is 5.64. The van der Waals surface area contributed by atoms with Gasteiger partial charge in [0.1, 0.15) is 11.6 Å². The number of methoxy groups -OCH3 is 1. The normalized spacial score (nSPS) is 15.8. The molecule has 4 heterocycles. The fraction of sp³-hybridized carbons (Fsp3) is 0.348. The zero-order valence-corrected chi connectivity index (χ0v) is 21.4. The van der Waals surface area contributed by atoms with Crippen molar-refractivity contribution in [2.24, 2.45) is 5.73 Å². The molecule has 186 valence electrons. The number of primary amides is 1. The molecule has 0 radical (unpaired) electrons. The number of carbonyl (C=O) groups is 2. The molecule has 2 atom stereocenters. The first-order valence-corrected chi connectivity index (χ1v) is 13.9. The smallest absolute Gasteiger partial charge is 0.115 e. The van der Waals surface area contributed by atoms with Crippen LogP contribution in [0.3, 0.4) is 0 Å². The molecule has 0 aromatic carbocycles. The van der Waals surface area contributed by atoms with Crippen molar-refractivity contribution in [1.82, 2.24) is 24.8 Å². The molecule has 1 aliphatic heterocycles. The SMILES string of the molecule is COc1ncc(-c2ccc3ncnc(N[C@H]4CCN(C(=O)[C@H](C[Se]C)OC(N)=O)C4)c3n2)cc1C#N. The zero-order chi connectivity index (χ0) is 25.7. The van der Waals surface area contributed by atoms with Crippen molar-refractivity contribution >= 4 is 43.8 Å². The Balaban J connectivity index is 1.54. The van der Waals surface area contributed by atoms with Crippen LogP contribution < -0.4 is 15.8 Å². The number of nitriles is 1. The van der Waals surface area contributed by atoms with Crippen molar-refractivity contribution in [2.75, 3.05) is 25.5 Å². The van der Waals surface area contributed by atoms with E-state index in [9.17, 15) is 14.9 Å². The fourth-order valence-electron chi connectivity index (χ4n) is 3.96. The van der Waals surface area contributed by atoms with E-state index in [-0.39, 0.29) is 32.8 Å². The van der Waals surface area contributed by atoms with Crippen molar-refractivity contribution in [1.29, 1.82) is 5.26 Å². The second-order valence-corrected chi connectivity index (χ2v) is 9.88. The molecule has 1 saturated heterocycles. The molecule has 1 fully saturated rings. The Labute approximate surface area is 213 Å². The molecule has 0 aliphatic carbocycles. The molecular formula is C23H24N8O4Se. The van der Waals surface area contributed by atoms with Crippen LogP contribution in [0.1, 0.15) is 12.0 Å². The second-order valence-electron chi connectivity index (χ2n) is 7.97. The molecule has 0 bridgehead atoms. The maximum atomic E-state index is 12.9. The predicted molar refractivity (Wildman–Crippen MR) is 131 cm³/mol. The van der Waals surface area contributed by atoms with Crippen LogP contribution in [-0.4, -0.2) is 84.1 Å². The number of nitrogens with two attached hydrogens (primary N) is 1. The quantitative estimate of drug-likeness (QED) is 0.390. The van der Waals surface area contributed by atoms with Crippen LogP contribution >= 0.6 is 0 Å². The number of pyridine rings is 2. The van der Waals surface area contributed by atoms with Gasteiger partial charge in [0, 0.05) is 6.20 Å². The van der Waals surface area contributed by atoms with Crippen molar-refractivity contribution in [3.05, 3.63) is 36.3 Å². The first-order valence-electron chi connectivity index (χ1n) is 11.0. The number of anilines is 1. The van der Waals surface area contributed by atoms with Crippen LogP contribution in [0.2, 0.25) is 11.1 Å². The standard InChI is InChI=1S/C23H24N8O4Se/c1-34-21-13(8-24)7-14(9-26-21)16-3-4-17-19(30-16)20(28-12-27-17)29-15-5-6-31(10-15)22(32)18(11-36-2)35-23(25)33/h3-4,7,9,12,15,18H,5-6,10-11H2,1-2H3,(H2,25,33)(H,27,28,29)/t15-,18-/m0/s1. The first-order chi connectivity index (χ1) is 17.4. The van der Waals surface area contributed by atoms with Crippen LogP contribution in [0.5, 0.6) is 5.88 Å². The summed E-state index contributed by atoms with van der Waals surface area (Å²) in [6, 6.07) is 7.29. The molecule has 0 unspecified atom stereocenters. The Bertz CT molecular complexity index is 1330. The summed E-state index contributed by atoms with van der Waals surface area (Å²) in [7, 11) is 1.46. The summed E-state index contributed by atoms with van der Waals surface area (Å²) in [5.74, 6) is 2.51. The maximum Gasteiger partial charge on any atom is 0.115 e. The van der Waals surface area contributed by atoms with Crippen LogP contribution in [0, 0.1) is 11.3 Å². The van der Waals surface area contributed by atoms with Gasteiger partial charge in [-0.3, -0.25) is 0 Å². The van der Waals surface area contributed by atoms with Crippen molar-refractivity contribution < 1.29 is 19.1 Å². The molecule has 13 heteroatoms. The molecule has 2 amide bonds. The summed E-state index contributed by atoms with van der Waals surface area (Å²) < 4.78 is 10.2. The van der Waals surface area contributed by atoms with Gasteiger partial charge in [0.25, 0.3) is 0 Å². The van der Waals surface area contributed by atoms with E-state index in [1.54, 1.807) is 23.2 Å². The van der Waals surface area contributed by atoms with Gasteiger partial charge in [-0.1, -0.05) is 0 Å². The number of amides is 2. The number of hydrogen-bond donors (Lipinski definition) is 2. The second kappa shape index (κ2) is 11.2. The predicted octanol–water partition coefficient (Wildman–Crippen LogP) is 1.61. The van der Waals surface area contributed by atoms with Gasteiger partial charge in [-0.2, -0.15) is 5.26 Å². The number of carbonyl (C=O) groups excluding carboxylic acids is 2. The summed E-state index contributed by atoms with van der Waals surface area (Å²) in [5.41, 5.74) is 7.90. The third kappa shape index (κ3) is 5.45. The summed E-state index contributed by atoms with van der Waals surface area (Å²) in [4.78, 5) is 43.4. The number of ether oxygens (including phenoxy) is 2. The van der Waals surface area contributed by atoms with Crippen LogP contribution in [0.4, 0.5) is 10.6 Å². The van der Waals surface area contributed by atoms with Gasteiger partial charge in [0.15, 0.2) is 0 Å². The minimum Gasteiger partial charge on any atom is -0.192 e. The Kier molecular flexibility index (Phi) is 7.77. The summed E-state index contributed by atoms with van der Waals surface area (Å²) in [5, 5.41) is 13.2. The van der Waals surface area contributed by atoms with Gasteiger partial charge < -0.3 is 4.74 Å². The van der Waals surface area contributed by atoms with E-state index in [2.05, 4.69) is 26.3 Å². The number of fused-ring (bicyclic) bond motifs is 1. The zero-order valence-electron chi connectivity index (χ0n) is 19.7. The van der Waals surface area contributed by atoms with Gasteiger partial charge in [-0.25, -0.2) is 4.98 Å². The molecular weight excluding hydrogens is 531 g/mol.